The number of carbonyl (C=O) groups excluding carboxylic acids is 2. The Morgan fingerprint density at radius 2 is 1.92 bits per heavy atom. The number of hydrogen-bond acceptors (Lipinski definition) is 4. The molecule has 0 saturated heterocycles. The van der Waals surface area contributed by atoms with Crippen LogP contribution in [0.3, 0.4) is 0 Å². The maximum absolute atomic E-state index is 11.9. The third kappa shape index (κ3) is 6.22. The van der Waals surface area contributed by atoms with Gasteiger partial charge in [-0.1, -0.05) is 44.2 Å². The van der Waals surface area contributed by atoms with Gasteiger partial charge in [0.15, 0.2) is 6.61 Å². The Balaban J connectivity index is 1.63. The first-order valence-corrected chi connectivity index (χ1v) is 8.77. The van der Waals surface area contributed by atoms with Crippen molar-refractivity contribution in [1.29, 1.82) is 0 Å². The maximum Gasteiger partial charge on any atom is 0.306 e. The fourth-order valence-corrected chi connectivity index (χ4v) is 3.16. The number of anilines is 1. The normalized spacial score (nSPS) is 14.9. The lowest BCUT2D eigenvalue weighted by Crippen LogP contribution is -2.21. The quantitative estimate of drug-likeness (QED) is 0.732. The van der Waals surface area contributed by atoms with Crippen LogP contribution in [0.2, 0.25) is 0 Å². The standard InChI is InChI=1S/C19H27NO4/c1-23-17-12-6-5-11-16(17)20-18(21)14-24-19(22)13-7-10-15-8-3-2-4-9-15/h5-6,11-12,15H,2-4,7-10,13-14H2,1H3,(H,20,21). The number of nitrogens with one attached hydrogen (secondary N) is 1. The highest BCUT2D eigenvalue weighted by Crippen LogP contribution is 2.27. The minimum absolute atomic E-state index is 0.264. The molecule has 0 bridgehead atoms. The van der Waals surface area contributed by atoms with Crippen molar-refractivity contribution in [3.05, 3.63) is 24.3 Å². The molecule has 0 atom stereocenters. The second kappa shape index (κ2) is 9.96. The van der Waals surface area contributed by atoms with Crippen LogP contribution in [-0.2, 0) is 14.3 Å². The molecule has 0 radical (unpaired) electrons. The predicted molar refractivity (Wildman–Crippen MR) is 93.0 cm³/mol. The van der Waals surface area contributed by atoms with Gasteiger partial charge >= 0.3 is 5.97 Å². The number of carbonyl (C=O) groups is 2. The van der Waals surface area contributed by atoms with Gasteiger partial charge < -0.3 is 14.8 Å². The number of methoxy groups -OCH3 is 1. The van der Waals surface area contributed by atoms with Crippen molar-refractivity contribution in [2.24, 2.45) is 5.92 Å². The lowest BCUT2D eigenvalue weighted by molar-refractivity contribution is -0.147. The SMILES string of the molecule is COc1ccccc1NC(=O)COC(=O)CCCC1CCCCC1. The summed E-state index contributed by atoms with van der Waals surface area (Å²) in [5.41, 5.74) is 0.568. The average molecular weight is 333 g/mol. The zero-order valence-electron chi connectivity index (χ0n) is 14.4. The Morgan fingerprint density at radius 3 is 2.67 bits per heavy atom. The number of ether oxygens (including phenoxy) is 2. The van der Waals surface area contributed by atoms with Crippen LogP contribution in [0.1, 0.15) is 51.4 Å². The van der Waals surface area contributed by atoms with Gasteiger partial charge in [-0.3, -0.25) is 9.59 Å². The molecule has 1 aromatic rings. The second-order valence-electron chi connectivity index (χ2n) is 6.31. The highest BCUT2D eigenvalue weighted by molar-refractivity contribution is 5.94. The summed E-state index contributed by atoms with van der Waals surface area (Å²) in [7, 11) is 1.54. The number of benzene rings is 1. The van der Waals surface area contributed by atoms with Gasteiger partial charge in [0.05, 0.1) is 12.8 Å². The molecule has 1 aliphatic rings. The maximum atomic E-state index is 11.9. The highest BCUT2D eigenvalue weighted by Gasteiger charge is 2.14. The van der Waals surface area contributed by atoms with Gasteiger partial charge in [0, 0.05) is 6.42 Å². The minimum atomic E-state index is -0.361. The Labute approximate surface area is 143 Å². The molecule has 0 aromatic heterocycles. The summed E-state index contributed by atoms with van der Waals surface area (Å²) in [6, 6.07) is 7.12. The van der Waals surface area contributed by atoms with E-state index in [4.69, 9.17) is 9.47 Å². The molecule has 1 fully saturated rings. The predicted octanol–water partition coefficient (Wildman–Crippen LogP) is 3.93. The first-order valence-electron chi connectivity index (χ1n) is 8.77. The van der Waals surface area contributed by atoms with Crippen molar-refractivity contribution < 1.29 is 19.1 Å². The topological polar surface area (TPSA) is 64.6 Å². The second-order valence-corrected chi connectivity index (χ2v) is 6.31. The van der Waals surface area contributed by atoms with Gasteiger partial charge in [-0.05, 0) is 30.9 Å². The molecule has 2 rings (SSSR count). The summed E-state index contributed by atoms with van der Waals surface area (Å²) in [5, 5.41) is 2.68. The molecule has 0 unspecified atom stereocenters. The van der Waals surface area contributed by atoms with E-state index in [-0.39, 0.29) is 18.5 Å². The van der Waals surface area contributed by atoms with Crippen LogP contribution in [0, 0.1) is 5.92 Å². The molecular weight excluding hydrogens is 306 g/mol. The minimum Gasteiger partial charge on any atom is -0.495 e. The lowest BCUT2D eigenvalue weighted by Gasteiger charge is -2.20. The number of amides is 1. The largest absolute Gasteiger partial charge is 0.495 e. The third-order valence-corrected chi connectivity index (χ3v) is 4.46. The third-order valence-electron chi connectivity index (χ3n) is 4.46. The van der Waals surface area contributed by atoms with Gasteiger partial charge in [0.1, 0.15) is 5.75 Å². The van der Waals surface area contributed by atoms with Crippen molar-refractivity contribution >= 4 is 17.6 Å². The van der Waals surface area contributed by atoms with E-state index >= 15 is 0 Å². The van der Waals surface area contributed by atoms with Gasteiger partial charge in [-0.2, -0.15) is 0 Å². The van der Waals surface area contributed by atoms with E-state index < -0.39 is 0 Å². The van der Waals surface area contributed by atoms with Crippen LogP contribution in [0.15, 0.2) is 24.3 Å². The molecule has 132 valence electrons. The molecule has 5 nitrogen and oxygen atoms in total. The molecule has 1 amide bonds. The molecule has 0 aliphatic heterocycles. The lowest BCUT2D eigenvalue weighted by atomic mass is 9.86. The van der Waals surface area contributed by atoms with E-state index in [1.165, 1.54) is 39.2 Å². The van der Waals surface area contributed by atoms with Crippen molar-refractivity contribution in [3.8, 4) is 5.75 Å². The van der Waals surface area contributed by atoms with Gasteiger partial charge in [0.25, 0.3) is 5.91 Å². The number of rotatable bonds is 8. The highest BCUT2D eigenvalue weighted by atomic mass is 16.5. The van der Waals surface area contributed by atoms with Gasteiger partial charge in [-0.15, -0.1) is 0 Å². The van der Waals surface area contributed by atoms with E-state index in [0.29, 0.717) is 17.9 Å². The zero-order chi connectivity index (χ0) is 17.2. The molecular formula is C19H27NO4. The number of hydrogen-bond donors (Lipinski definition) is 1. The Morgan fingerprint density at radius 1 is 1.17 bits per heavy atom. The molecule has 1 saturated carbocycles. The van der Waals surface area contributed by atoms with E-state index in [1.54, 1.807) is 18.2 Å². The Hall–Kier alpha value is -2.04. The molecule has 1 aliphatic carbocycles. The molecule has 5 heteroatoms. The fraction of sp³-hybridized carbons (Fsp3) is 0.579. The monoisotopic (exact) mass is 333 g/mol. The summed E-state index contributed by atoms with van der Waals surface area (Å²) in [4.78, 5) is 23.6. The van der Waals surface area contributed by atoms with Crippen LogP contribution >= 0.6 is 0 Å². The molecule has 1 N–H and O–H groups in total. The Kier molecular flexibility index (Phi) is 7.59. The van der Waals surface area contributed by atoms with Gasteiger partial charge in [-0.25, -0.2) is 0 Å². The first kappa shape index (κ1) is 18.3. The van der Waals surface area contributed by atoms with Crippen molar-refractivity contribution in [1.82, 2.24) is 0 Å². The van der Waals surface area contributed by atoms with E-state index in [1.807, 2.05) is 6.07 Å². The summed E-state index contributed by atoms with van der Waals surface area (Å²) >= 11 is 0. The smallest absolute Gasteiger partial charge is 0.306 e. The average Bonchev–Trinajstić information content (AvgIpc) is 2.61. The zero-order valence-corrected chi connectivity index (χ0v) is 14.4. The van der Waals surface area contributed by atoms with Crippen molar-refractivity contribution in [2.75, 3.05) is 19.0 Å². The molecule has 24 heavy (non-hydrogen) atoms. The van der Waals surface area contributed by atoms with Crippen molar-refractivity contribution in [2.45, 2.75) is 51.4 Å². The van der Waals surface area contributed by atoms with E-state index in [2.05, 4.69) is 5.32 Å². The van der Waals surface area contributed by atoms with Crippen LogP contribution in [0.5, 0.6) is 5.75 Å². The summed E-state index contributed by atoms with van der Waals surface area (Å²) in [5.74, 6) is 0.672. The van der Waals surface area contributed by atoms with Crippen LogP contribution in [0.25, 0.3) is 0 Å². The molecule has 0 spiro atoms. The number of esters is 1. The van der Waals surface area contributed by atoms with E-state index in [0.717, 1.165) is 18.8 Å². The van der Waals surface area contributed by atoms with Crippen LogP contribution in [-0.4, -0.2) is 25.6 Å². The summed E-state index contributed by atoms with van der Waals surface area (Å²) in [6.45, 7) is -0.264. The van der Waals surface area contributed by atoms with Crippen LogP contribution < -0.4 is 10.1 Å². The van der Waals surface area contributed by atoms with Crippen molar-refractivity contribution in [3.63, 3.8) is 0 Å². The molecule has 1 aromatic carbocycles. The fourth-order valence-electron chi connectivity index (χ4n) is 3.16. The molecule has 0 heterocycles. The number of para-hydroxylation sites is 2. The summed E-state index contributed by atoms with van der Waals surface area (Å²) < 4.78 is 10.2. The summed E-state index contributed by atoms with van der Waals surface area (Å²) in [6.07, 6.45) is 8.88. The Bertz CT molecular complexity index is 538. The first-order chi connectivity index (χ1) is 11.7. The van der Waals surface area contributed by atoms with Gasteiger partial charge in [0.2, 0.25) is 0 Å². The van der Waals surface area contributed by atoms with E-state index in [9.17, 15) is 9.59 Å². The van der Waals surface area contributed by atoms with Crippen LogP contribution in [0.4, 0.5) is 5.69 Å².